The van der Waals surface area contributed by atoms with E-state index in [1.54, 1.807) is 48.2 Å². The molecule has 0 saturated carbocycles. The third-order valence-corrected chi connectivity index (χ3v) is 3.26. The van der Waals surface area contributed by atoms with Gasteiger partial charge in [0.15, 0.2) is 0 Å². The molecule has 0 aliphatic carbocycles. The Morgan fingerprint density at radius 3 is 1.50 bits per heavy atom. The minimum absolute atomic E-state index is 0.525. The Morgan fingerprint density at radius 2 is 1.15 bits per heavy atom. The van der Waals surface area contributed by atoms with Crippen molar-refractivity contribution in [3.8, 4) is 0 Å². The Bertz CT molecular complexity index is 491. The largest absolute Gasteiger partial charge is 0.488 e. The summed E-state index contributed by atoms with van der Waals surface area (Å²) in [5, 5.41) is 34.6. The molecule has 0 aromatic heterocycles. The smallest absolute Gasteiger partial charge is 0.423 e. The SMILES string of the molecule is CSc1ccc(B(O)O)cc1.OB(O)c1ccccc1. The first-order valence-corrected chi connectivity index (χ1v) is 7.18. The van der Waals surface area contributed by atoms with Crippen LogP contribution in [0.5, 0.6) is 0 Å². The molecular weight excluding hydrogens is 274 g/mol. The summed E-state index contributed by atoms with van der Waals surface area (Å²) in [5.41, 5.74) is 1.06. The minimum atomic E-state index is -1.36. The van der Waals surface area contributed by atoms with E-state index in [1.807, 2.05) is 24.5 Å². The fourth-order valence-electron chi connectivity index (χ4n) is 1.40. The van der Waals surface area contributed by atoms with Crippen molar-refractivity contribution in [1.29, 1.82) is 0 Å². The second-order valence-corrected chi connectivity index (χ2v) is 4.81. The molecule has 20 heavy (non-hydrogen) atoms. The van der Waals surface area contributed by atoms with Crippen molar-refractivity contribution in [1.82, 2.24) is 0 Å². The second kappa shape index (κ2) is 8.84. The van der Waals surface area contributed by atoms with E-state index in [2.05, 4.69) is 0 Å². The zero-order chi connectivity index (χ0) is 15.0. The lowest BCUT2D eigenvalue weighted by atomic mass is 9.81. The van der Waals surface area contributed by atoms with Crippen LogP contribution in [0.2, 0.25) is 0 Å². The number of hydrogen-bond donors (Lipinski definition) is 4. The van der Waals surface area contributed by atoms with Gasteiger partial charge in [-0.3, -0.25) is 0 Å². The van der Waals surface area contributed by atoms with Crippen LogP contribution in [0.15, 0.2) is 59.5 Å². The topological polar surface area (TPSA) is 80.9 Å². The average Bonchev–Trinajstić information content (AvgIpc) is 2.49. The van der Waals surface area contributed by atoms with Crippen LogP contribution in [-0.2, 0) is 0 Å². The van der Waals surface area contributed by atoms with Crippen LogP contribution >= 0.6 is 11.8 Å². The molecule has 2 rings (SSSR count). The zero-order valence-electron chi connectivity index (χ0n) is 11.0. The van der Waals surface area contributed by atoms with Gasteiger partial charge >= 0.3 is 14.2 Å². The van der Waals surface area contributed by atoms with Gasteiger partial charge < -0.3 is 20.1 Å². The summed E-state index contributed by atoms with van der Waals surface area (Å²) >= 11 is 1.63. The van der Waals surface area contributed by atoms with E-state index >= 15 is 0 Å². The molecule has 4 N–H and O–H groups in total. The number of benzene rings is 2. The highest BCUT2D eigenvalue weighted by atomic mass is 32.2. The van der Waals surface area contributed by atoms with Gasteiger partial charge in [-0.2, -0.15) is 0 Å². The monoisotopic (exact) mass is 290 g/mol. The summed E-state index contributed by atoms with van der Waals surface area (Å²) in [5.74, 6) is 0. The van der Waals surface area contributed by atoms with E-state index in [-0.39, 0.29) is 0 Å². The number of rotatable bonds is 3. The van der Waals surface area contributed by atoms with Crippen LogP contribution in [-0.4, -0.2) is 40.6 Å². The highest BCUT2D eigenvalue weighted by Crippen LogP contribution is 2.11. The molecule has 2 aromatic rings. The van der Waals surface area contributed by atoms with E-state index in [0.717, 1.165) is 4.90 Å². The summed E-state index contributed by atoms with van der Waals surface area (Å²) in [6, 6.07) is 15.8. The van der Waals surface area contributed by atoms with Gasteiger partial charge in [-0.05, 0) is 29.3 Å². The molecule has 0 bridgehead atoms. The van der Waals surface area contributed by atoms with Crippen LogP contribution in [0.4, 0.5) is 0 Å². The summed E-state index contributed by atoms with van der Waals surface area (Å²) in [7, 11) is -2.70. The van der Waals surface area contributed by atoms with Crippen LogP contribution in [0.25, 0.3) is 0 Å². The normalized spacial score (nSPS) is 9.45. The Kier molecular flexibility index (Phi) is 7.43. The standard InChI is InChI=1S/C7H9BO2S.C6H7BO2/c1-11-7-4-2-6(3-5-7)8(9)10;8-7(9)6-4-2-1-3-5-6/h2-5,9-10H,1H3;1-5,8-9H. The lowest BCUT2D eigenvalue weighted by Crippen LogP contribution is -2.29. The van der Waals surface area contributed by atoms with Crippen molar-refractivity contribution in [2.24, 2.45) is 0 Å². The Balaban J connectivity index is 0.000000204. The highest BCUT2D eigenvalue weighted by Gasteiger charge is 2.09. The van der Waals surface area contributed by atoms with Gasteiger partial charge in [0.1, 0.15) is 0 Å². The molecule has 0 radical (unpaired) electrons. The first-order chi connectivity index (χ1) is 9.54. The van der Waals surface area contributed by atoms with E-state index in [0.29, 0.717) is 10.9 Å². The van der Waals surface area contributed by atoms with Gasteiger partial charge in [0.05, 0.1) is 0 Å². The van der Waals surface area contributed by atoms with Crippen LogP contribution in [0.3, 0.4) is 0 Å². The van der Waals surface area contributed by atoms with Crippen molar-refractivity contribution in [3.05, 3.63) is 54.6 Å². The Hall–Kier alpha value is -1.24. The van der Waals surface area contributed by atoms with E-state index < -0.39 is 14.2 Å². The van der Waals surface area contributed by atoms with Gasteiger partial charge in [-0.1, -0.05) is 42.5 Å². The second-order valence-electron chi connectivity index (χ2n) is 3.93. The molecule has 0 saturated heterocycles. The first-order valence-electron chi connectivity index (χ1n) is 5.95. The van der Waals surface area contributed by atoms with Crippen molar-refractivity contribution < 1.29 is 20.1 Å². The molecule has 0 aliphatic heterocycles. The van der Waals surface area contributed by atoms with Crippen molar-refractivity contribution in [2.75, 3.05) is 6.26 Å². The molecule has 7 heteroatoms. The van der Waals surface area contributed by atoms with Crippen molar-refractivity contribution in [2.45, 2.75) is 4.90 Å². The maximum absolute atomic E-state index is 8.74. The van der Waals surface area contributed by atoms with Crippen LogP contribution < -0.4 is 10.9 Å². The van der Waals surface area contributed by atoms with Gasteiger partial charge in [-0.25, -0.2) is 0 Å². The van der Waals surface area contributed by atoms with Crippen LogP contribution in [0.1, 0.15) is 0 Å². The Labute approximate surface area is 123 Å². The molecule has 0 unspecified atom stereocenters. The Morgan fingerprint density at radius 1 is 0.700 bits per heavy atom. The van der Waals surface area contributed by atoms with Gasteiger partial charge in [0, 0.05) is 4.90 Å². The van der Waals surface area contributed by atoms with E-state index in [9.17, 15) is 0 Å². The average molecular weight is 290 g/mol. The molecule has 0 heterocycles. The molecule has 2 aromatic carbocycles. The minimum Gasteiger partial charge on any atom is -0.423 e. The maximum Gasteiger partial charge on any atom is 0.488 e. The van der Waals surface area contributed by atoms with Crippen LogP contribution in [0, 0.1) is 0 Å². The van der Waals surface area contributed by atoms with Gasteiger partial charge in [0.2, 0.25) is 0 Å². The molecule has 0 spiro atoms. The summed E-state index contributed by atoms with van der Waals surface area (Å²) < 4.78 is 0. The first kappa shape index (κ1) is 16.8. The third-order valence-electron chi connectivity index (χ3n) is 2.51. The molecule has 0 amide bonds. The predicted octanol–water partition coefficient (Wildman–Crippen LogP) is -0.545. The zero-order valence-corrected chi connectivity index (χ0v) is 11.9. The summed E-state index contributed by atoms with van der Waals surface area (Å²) in [4.78, 5) is 1.12. The quantitative estimate of drug-likeness (QED) is 0.451. The predicted molar refractivity (Wildman–Crippen MR) is 84.3 cm³/mol. The lowest BCUT2D eigenvalue weighted by molar-refractivity contribution is 0.424. The van der Waals surface area contributed by atoms with E-state index in [1.165, 1.54) is 0 Å². The molecule has 4 nitrogen and oxygen atoms in total. The molecule has 0 aliphatic rings. The van der Waals surface area contributed by atoms with Crippen molar-refractivity contribution in [3.63, 3.8) is 0 Å². The fourth-order valence-corrected chi connectivity index (χ4v) is 1.81. The van der Waals surface area contributed by atoms with Crippen molar-refractivity contribution >= 4 is 36.9 Å². The summed E-state index contributed by atoms with van der Waals surface area (Å²) in [6.45, 7) is 0. The van der Waals surface area contributed by atoms with Gasteiger partial charge in [-0.15, -0.1) is 11.8 Å². The number of hydrogen-bond acceptors (Lipinski definition) is 5. The molecule has 104 valence electrons. The van der Waals surface area contributed by atoms with Gasteiger partial charge in [0.25, 0.3) is 0 Å². The summed E-state index contributed by atoms with van der Waals surface area (Å²) in [6.07, 6.45) is 1.98. The maximum atomic E-state index is 8.74. The fraction of sp³-hybridized carbons (Fsp3) is 0.0769. The molecule has 0 fully saturated rings. The third kappa shape index (κ3) is 5.81. The van der Waals surface area contributed by atoms with E-state index in [4.69, 9.17) is 20.1 Å². The highest BCUT2D eigenvalue weighted by molar-refractivity contribution is 7.98. The molecular formula is C13H16B2O4S. The lowest BCUT2D eigenvalue weighted by Gasteiger charge is -1.99. The molecule has 0 atom stereocenters. The number of thioether (sulfide) groups is 1.